The maximum atomic E-state index is 10.8. The molecule has 3 heterocycles. The maximum Gasteiger partial charge on any atom is 0.358 e. The molecule has 21 heavy (non-hydrogen) atoms. The van der Waals surface area contributed by atoms with Crippen molar-refractivity contribution in [1.82, 2.24) is 19.9 Å². The summed E-state index contributed by atoms with van der Waals surface area (Å²) in [6.45, 7) is 6.22. The van der Waals surface area contributed by atoms with Gasteiger partial charge in [-0.2, -0.15) is 0 Å². The predicted molar refractivity (Wildman–Crippen MR) is 79.5 cm³/mol. The Bertz CT molecular complexity index is 617. The highest BCUT2D eigenvalue weighted by molar-refractivity contribution is 7.10. The van der Waals surface area contributed by atoms with Crippen LogP contribution >= 0.6 is 11.3 Å². The number of hydrogen-bond donors (Lipinski definition) is 1. The second kappa shape index (κ2) is 5.57. The van der Waals surface area contributed by atoms with Gasteiger partial charge in [0, 0.05) is 24.0 Å². The number of likely N-dealkylation sites (tertiary alicyclic amines) is 1. The van der Waals surface area contributed by atoms with Crippen molar-refractivity contribution in [3.8, 4) is 0 Å². The first-order valence-electron chi connectivity index (χ1n) is 6.99. The molecule has 3 rings (SSSR count). The van der Waals surface area contributed by atoms with Gasteiger partial charge in [-0.25, -0.2) is 9.48 Å². The monoisotopic (exact) mass is 306 g/mol. The molecule has 7 heteroatoms. The first-order valence-corrected chi connectivity index (χ1v) is 7.87. The van der Waals surface area contributed by atoms with E-state index >= 15 is 0 Å². The minimum Gasteiger partial charge on any atom is -0.476 e. The minimum atomic E-state index is -1.03. The molecule has 1 atom stereocenters. The van der Waals surface area contributed by atoms with E-state index in [0.717, 1.165) is 13.1 Å². The smallest absolute Gasteiger partial charge is 0.358 e. The molecule has 0 spiro atoms. The molecule has 0 saturated carbocycles. The first-order chi connectivity index (χ1) is 10.1. The summed E-state index contributed by atoms with van der Waals surface area (Å²) in [5.41, 5.74) is 0.00659. The summed E-state index contributed by atoms with van der Waals surface area (Å²) in [6, 6.07) is 4.90. The fourth-order valence-corrected chi connectivity index (χ4v) is 3.86. The summed E-state index contributed by atoms with van der Waals surface area (Å²) in [7, 11) is 0. The third-order valence-electron chi connectivity index (χ3n) is 3.85. The molecule has 6 nitrogen and oxygen atoms in total. The van der Waals surface area contributed by atoms with Crippen molar-refractivity contribution < 1.29 is 9.90 Å². The van der Waals surface area contributed by atoms with Crippen molar-refractivity contribution in [2.45, 2.75) is 25.9 Å². The van der Waals surface area contributed by atoms with Crippen LogP contribution in [0.2, 0.25) is 0 Å². The number of aromatic carboxylic acids is 1. The van der Waals surface area contributed by atoms with Gasteiger partial charge >= 0.3 is 5.97 Å². The second-order valence-electron chi connectivity index (χ2n) is 5.70. The summed E-state index contributed by atoms with van der Waals surface area (Å²) in [6.07, 6.45) is 1.51. The first kappa shape index (κ1) is 14.2. The highest BCUT2D eigenvalue weighted by atomic mass is 32.1. The fourth-order valence-electron chi connectivity index (χ4n) is 2.83. The van der Waals surface area contributed by atoms with Crippen molar-refractivity contribution in [3.05, 3.63) is 34.3 Å². The number of carboxylic acid groups (broad SMARTS) is 1. The summed E-state index contributed by atoms with van der Waals surface area (Å²) < 4.78 is 1.67. The summed E-state index contributed by atoms with van der Waals surface area (Å²) in [5.74, 6) is -0.494. The van der Waals surface area contributed by atoms with Crippen molar-refractivity contribution in [3.63, 3.8) is 0 Å². The molecular formula is C14H18N4O2S. The standard InChI is InChI=1S/C14H18N4O2S/c1-9(2)13(12-4-3-5-21-12)17-6-10(7-17)18-8-11(14(19)20)15-16-18/h3-5,8-10,13H,6-7H2,1-2H3,(H,19,20). The number of rotatable bonds is 5. The van der Waals surface area contributed by atoms with Crippen molar-refractivity contribution in [2.75, 3.05) is 13.1 Å². The molecule has 1 aliphatic heterocycles. The topological polar surface area (TPSA) is 71.2 Å². The predicted octanol–water partition coefficient (Wildman–Crippen LogP) is 2.29. The molecule has 1 aliphatic rings. The number of carbonyl (C=O) groups is 1. The van der Waals surface area contributed by atoms with Crippen LogP contribution in [0.25, 0.3) is 0 Å². The molecule has 0 aromatic carbocycles. The van der Waals surface area contributed by atoms with Crippen LogP contribution in [-0.2, 0) is 0 Å². The molecule has 1 saturated heterocycles. The number of aromatic nitrogens is 3. The normalized spacial score (nSPS) is 17.9. The van der Waals surface area contributed by atoms with E-state index in [1.54, 1.807) is 16.0 Å². The van der Waals surface area contributed by atoms with Crippen LogP contribution in [0.3, 0.4) is 0 Å². The average molecular weight is 306 g/mol. The maximum absolute atomic E-state index is 10.8. The molecule has 0 aliphatic carbocycles. The fraction of sp³-hybridized carbons (Fsp3) is 0.500. The Kier molecular flexibility index (Phi) is 3.77. The SMILES string of the molecule is CC(C)C(c1cccs1)N1CC(n2cc(C(=O)O)nn2)C1. The lowest BCUT2D eigenvalue weighted by atomic mass is 9.95. The zero-order valence-electron chi connectivity index (χ0n) is 12.0. The van der Waals surface area contributed by atoms with Gasteiger partial charge in [0.1, 0.15) is 0 Å². The lowest BCUT2D eigenvalue weighted by Gasteiger charge is -2.45. The molecular weight excluding hydrogens is 288 g/mol. The number of hydrogen-bond acceptors (Lipinski definition) is 5. The van der Waals surface area contributed by atoms with Crippen LogP contribution in [-0.4, -0.2) is 44.1 Å². The Hall–Kier alpha value is -1.73. The Morgan fingerprint density at radius 1 is 1.48 bits per heavy atom. The van der Waals surface area contributed by atoms with E-state index in [1.807, 2.05) is 0 Å². The van der Waals surface area contributed by atoms with E-state index < -0.39 is 5.97 Å². The van der Waals surface area contributed by atoms with E-state index in [4.69, 9.17) is 5.11 Å². The van der Waals surface area contributed by atoms with Crippen LogP contribution in [0.15, 0.2) is 23.7 Å². The van der Waals surface area contributed by atoms with E-state index in [-0.39, 0.29) is 11.7 Å². The molecule has 0 radical (unpaired) electrons. The quantitative estimate of drug-likeness (QED) is 0.917. The van der Waals surface area contributed by atoms with Crippen LogP contribution in [0.4, 0.5) is 0 Å². The summed E-state index contributed by atoms with van der Waals surface area (Å²) >= 11 is 1.79. The highest BCUT2D eigenvalue weighted by Crippen LogP contribution is 2.37. The summed E-state index contributed by atoms with van der Waals surface area (Å²) in [4.78, 5) is 14.6. The summed E-state index contributed by atoms with van der Waals surface area (Å²) in [5, 5.41) is 18.6. The Morgan fingerprint density at radius 2 is 2.24 bits per heavy atom. The molecule has 0 bridgehead atoms. The van der Waals surface area contributed by atoms with Crippen LogP contribution in [0.1, 0.15) is 41.3 Å². The Labute approximate surface area is 127 Å². The molecule has 2 aromatic heterocycles. The molecule has 1 N–H and O–H groups in total. The van der Waals surface area contributed by atoms with E-state index in [1.165, 1.54) is 11.1 Å². The Morgan fingerprint density at radius 3 is 2.76 bits per heavy atom. The van der Waals surface area contributed by atoms with Crippen molar-refractivity contribution in [1.29, 1.82) is 0 Å². The van der Waals surface area contributed by atoms with Gasteiger partial charge in [0.2, 0.25) is 0 Å². The molecule has 112 valence electrons. The third-order valence-corrected chi connectivity index (χ3v) is 4.80. The van der Waals surface area contributed by atoms with Gasteiger partial charge in [0.15, 0.2) is 5.69 Å². The van der Waals surface area contributed by atoms with Gasteiger partial charge in [0.25, 0.3) is 0 Å². The van der Waals surface area contributed by atoms with Gasteiger partial charge in [0.05, 0.1) is 12.2 Å². The van der Waals surface area contributed by atoms with E-state index in [9.17, 15) is 4.79 Å². The number of carboxylic acids is 1. The van der Waals surface area contributed by atoms with E-state index in [0.29, 0.717) is 12.0 Å². The van der Waals surface area contributed by atoms with Crippen molar-refractivity contribution >= 4 is 17.3 Å². The van der Waals surface area contributed by atoms with Gasteiger partial charge in [-0.15, -0.1) is 16.4 Å². The molecule has 1 unspecified atom stereocenters. The largest absolute Gasteiger partial charge is 0.476 e. The zero-order chi connectivity index (χ0) is 15.0. The minimum absolute atomic E-state index is 0.00659. The molecule has 1 fully saturated rings. The average Bonchev–Trinajstić information content (AvgIpc) is 3.03. The van der Waals surface area contributed by atoms with Gasteiger partial charge in [-0.3, -0.25) is 4.90 Å². The van der Waals surface area contributed by atoms with Crippen LogP contribution in [0.5, 0.6) is 0 Å². The van der Waals surface area contributed by atoms with E-state index in [2.05, 4.69) is 46.6 Å². The van der Waals surface area contributed by atoms with Gasteiger partial charge < -0.3 is 5.11 Å². The lowest BCUT2D eigenvalue weighted by molar-refractivity contribution is 0.0321. The molecule has 2 aromatic rings. The van der Waals surface area contributed by atoms with Gasteiger partial charge in [-0.1, -0.05) is 25.1 Å². The lowest BCUT2D eigenvalue weighted by Crippen LogP contribution is -2.50. The zero-order valence-corrected chi connectivity index (χ0v) is 12.8. The van der Waals surface area contributed by atoms with Crippen LogP contribution in [0, 0.1) is 5.92 Å². The van der Waals surface area contributed by atoms with Crippen LogP contribution < -0.4 is 0 Å². The Balaban J connectivity index is 1.67. The highest BCUT2D eigenvalue weighted by Gasteiger charge is 2.36. The number of thiophene rings is 1. The molecule has 0 amide bonds. The van der Waals surface area contributed by atoms with Crippen molar-refractivity contribution in [2.24, 2.45) is 5.92 Å². The van der Waals surface area contributed by atoms with Gasteiger partial charge in [-0.05, 0) is 17.4 Å². The third kappa shape index (κ3) is 2.71. The number of nitrogens with zero attached hydrogens (tertiary/aromatic N) is 4. The second-order valence-corrected chi connectivity index (χ2v) is 6.68.